The van der Waals surface area contributed by atoms with Crippen LogP contribution >= 0.6 is 0 Å². The summed E-state index contributed by atoms with van der Waals surface area (Å²) in [5.74, 6) is 4.59. The van der Waals surface area contributed by atoms with Crippen LogP contribution in [0.5, 0.6) is 0 Å². The third kappa shape index (κ3) is 4.85. The number of rotatable bonds is 3. The molecule has 0 amide bonds. The third-order valence-electron chi connectivity index (χ3n) is 1.39. The molecule has 0 radical (unpaired) electrons. The van der Waals surface area contributed by atoms with E-state index in [1.165, 1.54) is 0 Å². The van der Waals surface area contributed by atoms with E-state index in [0.29, 0.717) is 0 Å². The summed E-state index contributed by atoms with van der Waals surface area (Å²) in [6.45, 7) is 9.11. The molecule has 0 heterocycles. The zero-order valence-electron chi connectivity index (χ0n) is 8.96. The highest BCUT2D eigenvalue weighted by atomic mass is 16.7. The summed E-state index contributed by atoms with van der Waals surface area (Å²) in [4.78, 5) is 15.9. The molecular weight excluding hydrogens is 170 g/mol. The smallest absolute Gasteiger partial charge is 0.338 e. The molecule has 0 bridgehead atoms. The van der Waals surface area contributed by atoms with Crippen molar-refractivity contribution in [1.29, 1.82) is 0 Å². The largest absolute Gasteiger partial charge is 0.458 e. The number of hydrogen-bond acceptors (Lipinski definition) is 4. The summed E-state index contributed by atoms with van der Waals surface area (Å²) < 4.78 is 5.11. The summed E-state index contributed by atoms with van der Waals surface area (Å²) in [7, 11) is 0. The van der Waals surface area contributed by atoms with E-state index in [0.717, 1.165) is 0 Å². The fourth-order valence-electron chi connectivity index (χ4n) is 0.845. The topological polar surface area (TPSA) is 61.5 Å². The Morgan fingerprint density at radius 2 is 1.77 bits per heavy atom. The molecule has 1 unspecified atom stereocenters. The number of carbonyl (C=O) groups is 1. The molecule has 1 atom stereocenters. The van der Waals surface area contributed by atoms with Crippen LogP contribution in [0.1, 0.15) is 34.6 Å². The predicted octanol–water partition coefficient (Wildman–Crippen LogP) is 1.24. The van der Waals surface area contributed by atoms with Gasteiger partial charge in [-0.3, -0.25) is 4.84 Å². The Hall–Kier alpha value is -0.610. The fraction of sp³-hybridized carbons (Fsp3) is 0.889. The Labute approximate surface area is 79.3 Å². The molecule has 78 valence electrons. The second-order valence-electron chi connectivity index (χ2n) is 4.33. The van der Waals surface area contributed by atoms with Crippen molar-refractivity contribution in [2.45, 2.75) is 46.3 Å². The first kappa shape index (κ1) is 12.4. The van der Waals surface area contributed by atoms with Crippen molar-refractivity contribution in [3.8, 4) is 0 Å². The van der Waals surface area contributed by atoms with Crippen LogP contribution in [0.4, 0.5) is 0 Å². The highest BCUT2D eigenvalue weighted by Gasteiger charge is 2.27. The first-order valence-electron chi connectivity index (χ1n) is 4.36. The monoisotopic (exact) mass is 189 g/mol. The molecule has 2 N–H and O–H groups in total. The molecule has 0 rings (SSSR count). The van der Waals surface area contributed by atoms with Gasteiger partial charge in [-0.05, 0) is 26.7 Å². The minimum absolute atomic E-state index is 0.0137. The maximum atomic E-state index is 11.4. The van der Waals surface area contributed by atoms with Crippen molar-refractivity contribution in [3.05, 3.63) is 0 Å². The second-order valence-corrected chi connectivity index (χ2v) is 4.33. The number of hydrogen-bond donors (Lipinski definition) is 1. The van der Waals surface area contributed by atoms with Gasteiger partial charge in [-0.15, -0.1) is 0 Å². The maximum absolute atomic E-state index is 11.4. The minimum atomic E-state index is -0.681. The fourth-order valence-corrected chi connectivity index (χ4v) is 0.845. The van der Waals surface area contributed by atoms with Crippen LogP contribution in [0.15, 0.2) is 0 Å². The van der Waals surface area contributed by atoms with Crippen LogP contribution in [-0.2, 0) is 14.4 Å². The van der Waals surface area contributed by atoms with E-state index in [2.05, 4.69) is 4.84 Å². The Kier molecular flexibility index (Phi) is 4.36. The number of ether oxygens (including phenoxy) is 1. The van der Waals surface area contributed by atoms with Gasteiger partial charge in [0.2, 0.25) is 0 Å². The quantitative estimate of drug-likeness (QED) is 0.536. The van der Waals surface area contributed by atoms with Crippen LogP contribution in [0.25, 0.3) is 0 Å². The van der Waals surface area contributed by atoms with Gasteiger partial charge in [0.25, 0.3) is 0 Å². The SMILES string of the molecule is CC(C)C(ON)C(=O)OC(C)(C)C. The molecule has 0 aromatic rings. The lowest BCUT2D eigenvalue weighted by Gasteiger charge is -2.24. The van der Waals surface area contributed by atoms with Crippen molar-refractivity contribution in [2.75, 3.05) is 0 Å². The van der Waals surface area contributed by atoms with E-state index < -0.39 is 17.7 Å². The Bertz CT molecular complexity index is 172. The molecule has 4 heteroatoms. The molecule has 13 heavy (non-hydrogen) atoms. The van der Waals surface area contributed by atoms with E-state index in [4.69, 9.17) is 10.6 Å². The molecule has 0 aromatic carbocycles. The molecule has 0 saturated carbocycles. The normalized spacial score (nSPS) is 14.4. The lowest BCUT2D eigenvalue weighted by Crippen LogP contribution is -2.38. The number of nitrogens with two attached hydrogens (primary N) is 1. The van der Waals surface area contributed by atoms with E-state index in [9.17, 15) is 4.79 Å². The van der Waals surface area contributed by atoms with E-state index in [1.807, 2.05) is 13.8 Å². The zero-order valence-corrected chi connectivity index (χ0v) is 8.96. The summed E-state index contributed by atoms with van der Waals surface area (Å²) in [6, 6.07) is 0. The molecule has 0 spiro atoms. The zero-order chi connectivity index (χ0) is 10.6. The van der Waals surface area contributed by atoms with Gasteiger partial charge in [0, 0.05) is 0 Å². The lowest BCUT2D eigenvalue weighted by atomic mass is 10.1. The van der Waals surface area contributed by atoms with E-state index in [1.54, 1.807) is 20.8 Å². The molecule has 0 fully saturated rings. The van der Waals surface area contributed by atoms with Crippen LogP contribution in [0.2, 0.25) is 0 Å². The summed E-state index contributed by atoms with van der Waals surface area (Å²) in [5, 5.41) is 0. The molecule has 4 nitrogen and oxygen atoms in total. The predicted molar refractivity (Wildman–Crippen MR) is 49.7 cm³/mol. The highest BCUT2D eigenvalue weighted by Crippen LogP contribution is 2.13. The van der Waals surface area contributed by atoms with Gasteiger partial charge in [0.15, 0.2) is 6.10 Å². The van der Waals surface area contributed by atoms with Gasteiger partial charge in [-0.1, -0.05) is 13.8 Å². The Balaban J connectivity index is 4.23. The van der Waals surface area contributed by atoms with Crippen LogP contribution in [0, 0.1) is 5.92 Å². The van der Waals surface area contributed by atoms with Crippen molar-refractivity contribution < 1.29 is 14.4 Å². The summed E-state index contributed by atoms with van der Waals surface area (Å²) in [6.07, 6.45) is -0.681. The first-order valence-corrected chi connectivity index (χ1v) is 4.36. The summed E-state index contributed by atoms with van der Waals surface area (Å²) in [5.41, 5.74) is -0.497. The van der Waals surface area contributed by atoms with Gasteiger partial charge in [-0.25, -0.2) is 10.7 Å². The van der Waals surface area contributed by atoms with Gasteiger partial charge < -0.3 is 4.74 Å². The average Bonchev–Trinajstić information content (AvgIpc) is 1.82. The van der Waals surface area contributed by atoms with Crippen molar-refractivity contribution in [3.63, 3.8) is 0 Å². The Morgan fingerprint density at radius 3 is 2.00 bits per heavy atom. The van der Waals surface area contributed by atoms with Crippen LogP contribution < -0.4 is 5.90 Å². The molecule has 0 saturated heterocycles. The van der Waals surface area contributed by atoms with E-state index >= 15 is 0 Å². The third-order valence-corrected chi connectivity index (χ3v) is 1.39. The second kappa shape index (κ2) is 4.58. The minimum Gasteiger partial charge on any atom is -0.458 e. The molecule has 0 aliphatic rings. The van der Waals surface area contributed by atoms with Crippen molar-refractivity contribution in [2.24, 2.45) is 11.8 Å². The van der Waals surface area contributed by atoms with Crippen molar-refractivity contribution in [1.82, 2.24) is 0 Å². The standard InChI is InChI=1S/C9H19NO3/c1-6(2)7(13-10)8(11)12-9(3,4)5/h6-7H,10H2,1-5H3. The average molecular weight is 189 g/mol. The van der Waals surface area contributed by atoms with Crippen LogP contribution in [0.3, 0.4) is 0 Å². The number of esters is 1. The van der Waals surface area contributed by atoms with Crippen LogP contribution in [-0.4, -0.2) is 17.7 Å². The Morgan fingerprint density at radius 1 is 1.31 bits per heavy atom. The number of carbonyl (C=O) groups excluding carboxylic acids is 1. The van der Waals surface area contributed by atoms with Crippen molar-refractivity contribution >= 4 is 5.97 Å². The molecule has 0 aromatic heterocycles. The van der Waals surface area contributed by atoms with Gasteiger partial charge in [0.05, 0.1) is 0 Å². The molecule has 0 aliphatic carbocycles. The lowest BCUT2D eigenvalue weighted by molar-refractivity contribution is -0.172. The summed E-state index contributed by atoms with van der Waals surface area (Å²) >= 11 is 0. The first-order chi connectivity index (χ1) is 5.78. The highest BCUT2D eigenvalue weighted by molar-refractivity contribution is 5.75. The van der Waals surface area contributed by atoms with Gasteiger partial charge >= 0.3 is 5.97 Å². The van der Waals surface area contributed by atoms with E-state index in [-0.39, 0.29) is 5.92 Å². The molecule has 0 aliphatic heterocycles. The van der Waals surface area contributed by atoms with Gasteiger partial charge in [0.1, 0.15) is 5.60 Å². The van der Waals surface area contributed by atoms with Gasteiger partial charge in [-0.2, -0.15) is 0 Å². The molecular formula is C9H19NO3. The maximum Gasteiger partial charge on any atom is 0.338 e.